The van der Waals surface area contributed by atoms with Crippen LogP contribution in [0.15, 0.2) is 100 Å². The van der Waals surface area contributed by atoms with Crippen LogP contribution in [-0.4, -0.2) is 20.9 Å². The quantitative estimate of drug-likeness (QED) is 0.206. The molecule has 0 aromatic heterocycles. The molecular formula is C27H21BrCl2N2O4S. The van der Waals surface area contributed by atoms with E-state index in [4.69, 9.17) is 27.9 Å². The van der Waals surface area contributed by atoms with Crippen LogP contribution in [0.3, 0.4) is 0 Å². The molecule has 4 rings (SSSR count). The largest absolute Gasteiger partial charge is 0.456 e. The summed E-state index contributed by atoms with van der Waals surface area (Å²) in [5.74, 6) is 0.428. The maximum absolute atomic E-state index is 13.1. The van der Waals surface area contributed by atoms with Crippen molar-refractivity contribution < 1.29 is 17.9 Å². The third-order valence-electron chi connectivity index (χ3n) is 5.26. The first-order chi connectivity index (χ1) is 17.7. The molecule has 0 fully saturated rings. The Kier molecular flexibility index (Phi) is 8.76. The van der Waals surface area contributed by atoms with E-state index in [-0.39, 0.29) is 16.1 Å². The van der Waals surface area contributed by atoms with Crippen LogP contribution >= 0.6 is 39.1 Å². The molecule has 0 spiro atoms. The lowest BCUT2D eigenvalue weighted by Gasteiger charge is -2.14. The highest BCUT2D eigenvalue weighted by atomic mass is 79.9. The van der Waals surface area contributed by atoms with Gasteiger partial charge in [0.25, 0.3) is 15.9 Å². The second-order valence-electron chi connectivity index (χ2n) is 7.94. The molecule has 0 aliphatic heterocycles. The number of hydrogen-bond donors (Lipinski definition) is 2. The van der Waals surface area contributed by atoms with E-state index in [1.54, 1.807) is 24.3 Å². The van der Waals surface area contributed by atoms with Crippen LogP contribution in [0, 0.1) is 0 Å². The summed E-state index contributed by atoms with van der Waals surface area (Å²) in [4.78, 5) is 12.9. The molecule has 0 saturated carbocycles. The molecule has 0 aliphatic carbocycles. The predicted molar refractivity (Wildman–Crippen MR) is 150 cm³/mol. The molecule has 10 heteroatoms. The molecule has 37 heavy (non-hydrogen) atoms. The van der Waals surface area contributed by atoms with Gasteiger partial charge in [-0.2, -0.15) is 0 Å². The summed E-state index contributed by atoms with van der Waals surface area (Å²) in [5.41, 5.74) is 1.27. The average molecular weight is 620 g/mol. The zero-order chi connectivity index (χ0) is 26.4. The summed E-state index contributed by atoms with van der Waals surface area (Å²) in [5, 5.41) is 3.56. The third kappa shape index (κ3) is 7.26. The summed E-state index contributed by atoms with van der Waals surface area (Å²) < 4.78 is 35.3. The molecule has 0 radical (unpaired) electrons. The highest BCUT2D eigenvalue weighted by molar-refractivity contribution is 9.10. The van der Waals surface area contributed by atoms with Crippen LogP contribution in [0.2, 0.25) is 10.0 Å². The van der Waals surface area contributed by atoms with E-state index < -0.39 is 15.9 Å². The fourth-order valence-corrected chi connectivity index (χ4v) is 5.32. The highest BCUT2D eigenvalue weighted by Crippen LogP contribution is 2.30. The van der Waals surface area contributed by atoms with Crippen LogP contribution < -0.4 is 14.8 Å². The number of halogens is 3. The Hall–Kier alpha value is -3.04. The first-order valence-corrected chi connectivity index (χ1v) is 14.1. The summed E-state index contributed by atoms with van der Waals surface area (Å²) in [6.45, 7) is 0.362. The maximum Gasteiger partial charge on any atom is 0.261 e. The molecule has 0 heterocycles. The number of amides is 1. The van der Waals surface area contributed by atoms with Gasteiger partial charge in [0.2, 0.25) is 0 Å². The SMILES string of the molecule is O=C(NCCc1cccc(Br)c1)c1cc(Cl)ccc1NS(=O)(=O)c1ccc(Oc2ccccc2Cl)cc1. The van der Waals surface area contributed by atoms with Gasteiger partial charge in [-0.3, -0.25) is 9.52 Å². The molecule has 4 aromatic rings. The van der Waals surface area contributed by atoms with E-state index >= 15 is 0 Å². The molecule has 1 amide bonds. The van der Waals surface area contributed by atoms with Gasteiger partial charge >= 0.3 is 0 Å². The minimum atomic E-state index is -4.01. The van der Waals surface area contributed by atoms with Crippen molar-refractivity contribution >= 4 is 60.7 Å². The van der Waals surface area contributed by atoms with Gasteiger partial charge in [-0.1, -0.05) is 63.4 Å². The van der Waals surface area contributed by atoms with Gasteiger partial charge in [-0.15, -0.1) is 0 Å². The summed E-state index contributed by atoms with van der Waals surface area (Å²) >= 11 is 15.6. The molecule has 190 valence electrons. The van der Waals surface area contributed by atoms with Crippen molar-refractivity contribution in [3.8, 4) is 11.5 Å². The van der Waals surface area contributed by atoms with E-state index in [2.05, 4.69) is 26.0 Å². The maximum atomic E-state index is 13.1. The molecule has 2 N–H and O–H groups in total. The van der Waals surface area contributed by atoms with E-state index in [1.807, 2.05) is 24.3 Å². The molecule has 0 aliphatic rings. The number of carbonyl (C=O) groups is 1. The molecule has 6 nitrogen and oxygen atoms in total. The number of para-hydroxylation sites is 1. The lowest BCUT2D eigenvalue weighted by atomic mass is 10.1. The van der Waals surface area contributed by atoms with Crippen molar-refractivity contribution in [1.82, 2.24) is 5.32 Å². The number of anilines is 1. The lowest BCUT2D eigenvalue weighted by molar-refractivity contribution is 0.0955. The van der Waals surface area contributed by atoms with Crippen LogP contribution in [0.25, 0.3) is 0 Å². The Morgan fingerprint density at radius 3 is 2.38 bits per heavy atom. The number of hydrogen-bond acceptors (Lipinski definition) is 4. The number of ether oxygens (including phenoxy) is 1. The van der Waals surface area contributed by atoms with Gasteiger partial charge < -0.3 is 10.1 Å². The number of carbonyl (C=O) groups excluding carboxylic acids is 1. The fourth-order valence-electron chi connectivity index (χ4n) is 3.45. The van der Waals surface area contributed by atoms with Gasteiger partial charge in [0.1, 0.15) is 11.5 Å². The van der Waals surface area contributed by atoms with Gasteiger partial charge in [0.05, 0.1) is 21.2 Å². The van der Waals surface area contributed by atoms with Crippen molar-refractivity contribution in [1.29, 1.82) is 0 Å². The molecule has 0 saturated heterocycles. The van der Waals surface area contributed by atoms with Crippen molar-refractivity contribution in [2.45, 2.75) is 11.3 Å². The second-order valence-corrected chi connectivity index (χ2v) is 11.4. The van der Waals surface area contributed by atoms with Crippen LogP contribution in [0.1, 0.15) is 15.9 Å². The van der Waals surface area contributed by atoms with Crippen LogP contribution in [-0.2, 0) is 16.4 Å². The normalized spacial score (nSPS) is 11.1. The highest BCUT2D eigenvalue weighted by Gasteiger charge is 2.19. The Morgan fingerprint density at radius 1 is 0.892 bits per heavy atom. The zero-order valence-electron chi connectivity index (χ0n) is 19.2. The van der Waals surface area contributed by atoms with Crippen molar-refractivity contribution in [3.63, 3.8) is 0 Å². The minimum Gasteiger partial charge on any atom is -0.456 e. The van der Waals surface area contributed by atoms with E-state index in [0.29, 0.717) is 34.5 Å². The van der Waals surface area contributed by atoms with Crippen molar-refractivity contribution in [3.05, 3.63) is 117 Å². The standard InChI is InChI=1S/C27H21BrCl2N2O4S/c28-19-5-3-4-18(16-19)14-15-31-27(33)23-17-20(29)8-13-25(23)32-37(34,35)22-11-9-21(10-12-22)36-26-7-2-1-6-24(26)30/h1-13,16-17,32H,14-15H2,(H,31,33). The van der Waals surface area contributed by atoms with Crippen molar-refractivity contribution in [2.24, 2.45) is 0 Å². The molecule has 4 aromatic carbocycles. The van der Waals surface area contributed by atoms with E-state index in [1.165, 1.54) is 42.5 Å². The number of sulfonamides is 1. The molecule has 0 unspecified atom stereocenters. The zero-order valence-corrected chi connectivity index (χ0v) is 23.2. The monoisotopic (exact) mass is 618 g/mol. The summed E-state index contributed by atoms with van der Waals surface area (Å²) in [7, 11) is -4.01. The topological polar surface area (TPSA) is 84.5 Å². The third-order valence-corrected chi connectivity index (χ3v) is 7.68. The van der Waals surface area contributed by atoms with E-state index in [0.717, 1.165) is 10.0 Å². The van der Waals surface area contributed by atoms with E-state index in [9.17, 15) is 13.2 Å². The Labute approximate surface area is 233 Å². The lowest BCUT2D eigenvalue weighted by Crippen LogP contribution is -2.27. The number of rotatable bonds is 9. The van der Waals surface area contributed by atoms with Crippen LogP contribution in [0.5, 0.6) is 11.5 Å². The predicted octanol–water partition coefficient (Wildman–Crippen LogP) is 7.32. The number of benzene rings is 4. The van der Waals surface area contributed by atoms with Gasteiger partial charge in [0.15, 0.2) is 0 Å². The Balaban J connectivity index is 1.46. The Bertz CT molecular complexity index is 1530. The first-order valence-electron chi connectivity index (χ1n) is 11.1. The minimum absolute atomic E-state index is 0.00466. The molecule has 0 bridgehead atoms. The summed E-state index contributed by atoms with van der Waals surface area (Å²) in [6.07, 6.45) is 0.607. The molecule has 0 atom stereocenters. The second kappa shape index (κ2) is 12.0. The van der Waals surface area contributed by atoms with Gasteiger partial charge in [0, 0.05) is 16.0 Å². The van der Waals surface area contributed by atoms with Gasteiger partial charge in [-0.05, 0) is 78.7 Å². The van der Waals surface area contributed by atoms with Crippen LogP contribution in [0.4, 0.5) is 5.69 Å². The Morgan fingerprint density at radius 2 is 1.65 bits per heavy atom. The fraction of sp³-hybridized carbons (Fsp3) is 0.0741. The first kappa shape index (κ1) is 27.0. The summed E-state index contributed by atoms with van der Waals surface area (Å²) in [6, 6.07) is 25.0. The number of nitrogens with one attached hydrogen (secondary N) is 2. The smallest absolute Gasteiger partial charge is 0.261 e. The molecular weight excluding hydrogens is 599 g/mol. The van der Waals surface area contributed by atoms with Gasteiger partial charge in [-0.25, -0.2) is 8.42 Å². The van der Waals surface area contributed by atoms with Crippen molar-refractivity contribution in [2.75, 3.05) is 11.3 Å². The average Bonchev–Trinajstić information content (AvgIpc) is 2.87.